The van der Waals surface area contributed by atoms with Crippen LogP contribution in [0.1, 0.15) is 5.56 Å². The Hall–Kier alpha value is -2.30. The highest BCUT2D eigenvalue weighted by molar-refractivity contribution is 5.86. The van der Waals surface area contributed by atoms with E-state index in [9.17, 15) is 9.59 Å². The smallest absolute Gasteiger partial charge is 0.417 e. The zero-order valence-electron chi connectivity index (χ0n) is 7.56. The number of rotatable bonds is 2. The van der Waals surface area contributed by atoms with E-state index in [2.05, 4.69) is 4.98 Å². The number of benzene rings is 1. The molecular formula is C10H7NO4. The van der Waals surface area contributed by atoms with Gasteiger partial charge in [0.25, 0.3) is 0 Å². The van der Waals surface area contributed by atoms with Crippen molar-refractivity contribution < 1.29 is 14.3 Å². The molecule has 0 saturated heterocycles. The van der Waals surface area contributed by atoms with Gasteiger partial charge >= 0.3 is 11.7 Å². The number of carboxylic acid groups (broad SMARTS) is 1. The first kappa shape index (κ1) is 9.26. The van der Waals surface area contributed by atoms with E-state index in [1.165, 1.54) is 6.08 Å². The molecule has 5 nitrogen and oxygen atoms in total. The van der Waals surface area contributed by atoms with E-state index >= 15 is 0 Å². The molecule has 76 valence electrons. The minimum Gasteiger partial charge on any atom is -0.478 e. The Morgan fingerprint density at radius 3 is 3.00 bits per heavy atom. The van der Waals surface area contributed by atoms with Gasteiger partial charge in [0.05, 0.1) is 5.52 Å². The molecule has 1 aromatic heterocycles. The summed E-state index contributed by atoms with van der Waals surface area (Å²) in [5.74, 6) is -1.54. The maximum absolute atomic E-state index is 10.8. The lowest BCUT2D eigenvalue weighted by atomic mass is 10.2. The van der Waals surface area contributed by atoms with Gasteiger partial charge in [-0.2, -0.15) is 0 Å². The average Bonchev–Trinajstić information content (AvgIpc) is 2.53. The van der Waals surface area contributed by atoms with Crippen molar-refractivity contribution >= 4 is 23.1 Å². The summed E-state index contributed by atoms with van der Waals surface area (Å²) in [5.41, 5.74) is 1.68. The lowest BCUT2D eigenvalue weighted by Crippen LogP contribution is -1.92. The van der Waals surface area contributed by atoms with E-state index in [4.69, 9.17) is 9.52 Å². The zero-order valence-corrected chi connectivity index (χ0v) is 7.56. The van der Waals surface area contributed by atoms with Crippen molar-refractivity contribution in [2.24, 2.45) is 0 Å². The van der Waals surface area contributed by atoms with Crippen LogP contribution in [0.2, 0.25) is 0 Å². The van der Waals surface area contributed by atoms with Crippen molar-refractivity contribution in [3.63, 3.8) is 0 Å². The molecule has 15 heavy (non-hydrogen) atoms. The zero-order chi connectivity index (χ0) is 10.8. The van der Waals surface area contributed by atoms with Gasteiger partial charge in [-0.05, 0) is 23.8 Å². The van der Waals surface area contributed by atoms with Gasteiger partial charge in [0.1, 0.15) is 0 Å². The first-order chi connectivity index (χ1) is 7.15. The predicted octanol–water partition coefficient (Wildman–Crippen LogP) is 1.22. The van der Waals surface area contributed by atoms with Crippen LogP contribution >= 0.6 is 0 Å². The number of hydrogen-bond acceptors (Lipinski definition) is 3. The summed E-state index contributed by atoms with van der Waals surface area (Å²) in [6.07, 6.45) is 2.46. The Bertz CT molecular complexity index is 591. The number of carboxylic acids is 1. The highest BCUT2D eigenvalue weighted by Crippen LogP contribution is 2.13. The minimum absolute atomic E-state index is 0.451. The van der Waals surface area contributed by atoms with Gasteiger partial charge in [0, 0.05) is 6.08 Å². The highest BCUT2D eigenvalue weighted by atomic mass is 16.4. The Balaban J connectivity index is 2.46. The van der Waals surface area contributed by atoms with Crippen molar-refractivity contribution in [1.29, 1.82) is 0 Å². The van der Waals surface area contributed by atoms with Crippen LogP contribution in [0.5, 0.6) is 0 Å². The summed E-state index contributed by atoms with van der Waals surface area (Å²) in [4.78, 5) is 23.6. The topological polar surface area (TPSA) is 83.3 Å². The van der Waals surface area contributed by atoms with E-state index in [1.807, 2.05) is 0 Å². The predicted molar refractivity (Wildman–Crippen MR) is 53.5 cm³/mol. The third-order valence-corrected chi connectivity index (χ3v) is 1.86. The Morgan fingerprint density at radius 1 is 1.47 bits per heavy atom. The number of aromatic nitrogens is 1. The van der Waals surface area contributed by atoms with E-state index in [-0.39, 0.29) is 0 Å². The summed E-state index contributed by atoms with van der Waals surface area (Å²) in [5, 5.41) is 8.43. The van der Waals surface area contributed by atoms with Gasteiger partial charge in [-0.15, -0.1) is 0 Å². The van der Waals surface area contributed by atoms with Crippen molar-refractivity contribution in [3.05, 3.63) is 40.4 Å². The van der Waals surface area contributed by atoms with Crippen LogP contribution in [0.25, 0.3) is 17.2 Å². The van der Waals surface area contributed by atoms with Gasteiger partial charge in [-0.3, -0.25) is 4.98 Å². The van der Waals surface area contributed by atoms with Gasteiger partial charge in [-0.25, -0.2) is 9.59 Å². The maximum atomic E-state index is 10.8. The monoisotopic (exact) mass is 205 g/mol. The average molecular weight is 205 g/mol. The van der Waals surface area contributed by atoms with E-state index in [0.717, 1.165) is 6.08 Å². The molecule has 2 N–H and O–H groups in total. The summed E-state index contributed by atoms with van der Waals surface area (Å²) < 4.78 is 4.80. The Morgan fingerprint density at radius 2 is 2.27 bits per heavy atom. The lowest BCUT2D eigenvalue weighted by Gasteiger charge is -1.91. The molecule has 5 heteroatoms. The molecule has 0 aliphatic heterocycles. The summed E-state index contributed by atoms with van der Waals surface area (Å²) in [7, 11) is 0. The van der Waals surface area contributed by atoms with Crippen LogP contribution in [0, 0.1) is 0 Å². The highest BCUT2D eigenvalue weighted by Gasteiger charge is 2.00. The molecular weight excluding hydrogens is 198 g/mol. The fourth-order valence-electron chi connectivity index (χ4n) is 1.24. The van der Waals surface area contributed by atoms with Gasteiger partial charge in [-0.1, -0.05) is 6.07 Å². The van der Waals surface area contributed by atoms with E-state index in [1.54, 1.807) is 18.2 Å². The third-order valence-electron chi connectivity index (χ3n) is 1.86. The van der Waals surface area contributed by atoms with Crippen molar-refractivity contribution in [2.45, 2.75) is 0 Å². The van der Waals surface area contributed by atoms with Gasteiger partial charge in [0.2, 0.25) is 0 Å². The lowest BCUT2D eigenvalue weighted by molar-refractivity contribution is -0.131. The molecule has 2 rings (SSSR count). The van der Waals surface area contributed by atoms with Crippen LogP contribution in [0.4, 0.5) is 0 Å². The normalized spacial score (nSPS) is 11.2. The second kappa shape index (κ2) is 3.45. The second-order valence-electron chi connectivity index (χ2n) is 2.94. The number of aromatic amines is 1. The molecule has 2 aromatic rings. The van der Waals surface area contributed by atoms with Gasteiger partial charge in [0.15, 0.2) is 5.58 Å². The Labute approximate surface area is 83.6 Å². The molecule has 0 aliphatic rings. The maximum Gasteiger partial charge on any atom is 0.417 e. The standard InChI is InChI=1S/C10H7NO4/c12-9(13)4-2-6-1-3-8-7(5-6)11-10(14)15-8/h1-5H,(H,11,14)(H,12,13)/b4-2+. The Kier molecular flexibility index (Phi) is 2.13. The second-order valence-corrected chi connectivity index (χ2v) is 2.94. The van der Waals surface area contributed by atoms with Crippen molar-refractivity contribution in [3.8, 4) is 0 Å². The van der Waals surface area contributed by atoms with Crippen LogP contribution in [-0.2, 0) is 4.79 Å². The number of oxazole rings is 1. The molecule has 0 radical (unpaired) electrons. The molecule has 0 unspecified atom stereocenters. The third kappa shape index (κ3) is 1.96. The molecule has 0 atom stereocenters. The molecule has 0 aliphatic carbocycles. The number of carbonyl (C=O) groups is 1. The first-order valence-corrected chi connectivity index (χ1v) is 4.19. The van der Waals surface area contributed by atoms with Crippen molar-refractivity contribution in [2.75, 3.05) is 0 Å². The number of fused-ring (bicyclic) bond motifs is 1. The van der Waals surface area contributed by atoms with E-state index in [0.29, 0.717) is 16.7 Å². The van der Waals surface area contributed by atoms with E-state index < -0.39 is 11.7 Å². The molecule has 0 bridgehead atoms. The van der Waals surface area contributed by atoms with Crippen LogP contribution in [0.15, 0.2) is 33.5 Å². The van der Waals surface area contributed by atoms with Crippen LogP contribution in [-0.4, -0.2) is 16.1 Å². The number of H-pyrrole nitrogens is 1. The molecule has 0 amide bonds. The fourth-order valence-corrected chi connectivity index (χ4v) is 1.24. The minimum atomic E-state index is -1.02. The van der Waals surface area contributed by atoms with Gasteiger partial charge < -0.3 is 9.52 Å². The summed E-state index contributed by atoms with van der Waals surface area (Å²) >= 11 is 0. The largest absolute Gasteiger partial charge is 0.478 e. The number of hydrogen-bond donors (Lipinski definition) is 2. The fraction of sp³-hybridized carbons (Fsp3) is 0. The molecule has 0 fully saturated rings. The number of nitrogens with one attached hydrogen (secondary N) is 1. The molecule has 0 spiro atoms. The van der Waals surface area contributed by atoms with Crippen LogP contribution < -0.4 is 5.76 Å². The number of aliphatic carboxylic acids is 1. The first-order valence-electron chi connectivity index (χ1n) is 4.19. The summed E-state index contributed by atoms with van der Waals surface area (Å²) in [6, 6.07) is 4.91. The SMILES string of the molecule is O=C(O)/C=C/c1ccc2oc(=O)[nH]c2c1. The van der Waals surface area contributed by atoms with Crippen LogP contribution in [0.3, 0.4) is 0 Å². The van der Waals surface area contributed by atoms with Crippen molar-refractivity contribution in [1.82, 2.24) is 4.98 Å². The molecule has 1 heterocycles. The molecule has 0 saturated carbocycles. The molecule has 1 aromatic carbocycles. The summed E-state index contributed by atoms with van der Waals surface area (Å²) in [6.45, 7) is 0. The quantitative estimate of drug-likeness (QED) is 0.722.